The average Bonchev–Trinajstić information content (AvgIpc) is 2.91. The Bertz CT molecular complexity index is 348. The molecule has 0 aromatic heterocycles. The van der Waals surface area contributed by atoms with Crippen LogP contribution in [0.2, 0.25) is 0 Å². The van der Waals surface area contributed by atoms with Crippen molar-refractivity contribution in [2.24, 2.45) is 17.8 Å². The van der Waals surface area contributed by atoms with Crippen molar-refractivity contribution in [3.8, 4) is 0 Å². The molecule has 2 atom stereocenters. The summed E-state index contributed by atoms with van der Waals surface area (Å²) in [5.74, 6) is -0.776. The van der Waals surface area contributed by atoms with E-state index in [1.165, 1.54) is 25.7 Å². The lowest BCUT2D eigenvalue weighted by molar-refractivity contribution is -0.146. The van der Waals surface area contributed by atoms with Crippen molar-refractivity contribution in [2.75, 3.05) is 0 Å². The van der Waals surface area contributed by atoms with Gasteiger partial charge in [-0.05, 0) is 44.4 Å². The van der Waals surface area contributed by atoms with E-state index in [1.54, 1.807) is 0 Å². The Labute approximate surface area is 121 Å². The van der Waals surface area contributed by atoms with Crippen LogP contribution in [-0.2, 0) is 9.59 Å². The number of carboxylic acid groups (broad SMARTS) is 1. The number of carboxylic acids is 1. The van der Waals surface area contributed by atoms with Crippen LogP contribution < -0.4 is 5.32 Å². The topological polar surface area (TPSA) is 66.4 Å². The van der Waals surface area contributed by atoms with Crippen molar-refractivity contribution in [2.45, 2.75) is 70.8 Å². The highest BCUT2D eigenvalue weighted by Gasteiger charge is 2.38. The van der Waals surface area contributed by atoms with Crippen LogP contribution >= 0.6 is 0 Å². The Morgan fingerprint density at radius 2 is 1.70 bits per heavy atom. The maximum absolute atomic E-state index is 12.3. The first kappa shape index (κ1) is 15.3. The fourth-order valence-electron chi connectivity index (χ4n) is 3.88. The van der Waals surface area contributed by atoms with E-state index in [9.17, 15) is 9.59 Å². The molecule has 2 aliphatic carbocycles. The summed E-state index contributed by atoms with van der Waals surface area (Å²) >= 11 is 0. The summed E-state index contributed by atoms with van der Waals surface area (Å²) in [4.78, 5) is 23.4. The van der Waals surface area contributed by atoms with Crippen molar-refractivity contribution < 1.29 is 14.7 Å². The van der Waals surface area contributed by atoms with Crippen LogP contribution in [0.1, 0.15) is 64.7 Å². The second kappa shape index (κ2) is 7.09. The first-order valence-corrected chi connectivity index (χ1v) is 8.15. The number of rotatable bonds is 5. The molecule has 1 amide bonds. The van der Waals surface area contributed by atoms with Gasteiger partial charge < -0.3 is 10.4 Å². The maximum atomic E-state index is 12.3. The smallest absolute Gasteiger partial charge is 0.307 e. The van der Waals surface area contributed by atoms with E-state index in [0.29, 0.717) is 6.42 Å². The molecule has 20 heavy (non-hydrogen) atoms. The molecule has 0 radical (unpaired) electrons. The van der Waals surface area contributed by atoms with Crippen LogP contribution in [0, 0.1) is 17.8 Å². The van der Waals surface area contributed by atoms with Gasteiger partial charge in [0.05, 0.1) is 11.8 Å². The largest absolute Gasteiger partial charge is 0.481 e. The molecule has 2 aliphatic rings. The van der Waals surface area contributed by atoms with Crippen LogP contribution in [0.4, 0.5) is 0 Å². The number of aliphatic carboxylic acids is 1. The van der Waals surface area contributed by atoms with Gasteiger partial charge in [0.15, 0.2) is 0 Å². The Kier molecular flexibility index (Phi) is 5.44. The zero-order chi connectivity index (χ0) is 14.5. The predicted molar refractivity (Wildman–Crippen MR) is 77.3 cm³/mol. The summed E-state index contributed by atoms with van der Waals surface area (Å²) in [6.07, 6.45) is 9.29. The molecule has 0 heterocycles. The lowest BCUT2D eigenvalue weighted by Gasteiger charge is -2.30. The van der Waals surface area contributed by atoms with Crippen molar-refractivity contribution in [3.63, 3.8) is 0 Å². The number of carbonyl (C=O) groups is 2. The fraction of sp³-hybridized carbons (Fsp3) is 0.875. The fourth-order valence-corrected chi connectivity index (χ4v) is 3.88. The quantitative estimate of drug-likeness (QED) is 0.814. The predicted octanol–water partition coefficient (Wildman–Crippen LogP) is 2.96. The highest BCUT2D eigenvalue weighted by Crippen LogP contribution is 2.33. The van der Waals surface area contributed by atoms with Gasteiger partial charge in [0, 0.05) is 6.04 Å². The summed E-state index contributed by atoms with van der Waals surface area (Å²) in [7, 11) is 0. The van der Waals surface area contributed by atoms with Gasteiger partial charge in [0.25, 0.3) is 0 Å². The Hall–Kier alpha value is -1.06. The Morgan fingerprint density at radius 1 is 1.05 bits per heavy atom. The molecule has 2 rings (SSSR count). The van der Waals surface area contributed by atoms with Crippen LogP contribution in [0.5, 0.6) is 0 Å². The Morgan fingerprint density at radius 3 is 2.30 bits per heavy atom. The minimum Gasteiger partial charge on any atom is -0.481 e. The number of nitrogens with one attached hydrogen (secondary N) is 1. The van der Waals surface area contributed by atoms with Crippen LogP contribution in [-0.4, -0.2) is 23.0 Å². The standard InChI is InChI=1S/C16H27NO3/c1-2-4-11-7-9-12(10-8-11)17-15(18)13-5-3-6-14(13)16(19)20/h11-14H,2-10H2,1H3,(H,17,18)(H,19,20)/t11?,12?,13-,14+/m1/s1. The molecule has 114 valence electrons. The normalized spacial score (nSPS) is 33.9. The molecule has 0 unspecified atom stereocenters. The molecule has 0 saturated heterocycles. The highest BCUT2D eigenvalue weighted by atomic mass is 16.4. The summed E-state index contributed by atoms with van der Waals surface area (Å²) in [5.41, 5.74) is 0. The third-order valence-corrected chi connectivity index (χ3v) is 5.06. The molecule has 4 nitrogen and oxygen atoms in total. The minimum absolute atomic E-state index is 0.0196. The van der Waals surface area contributed by atoms with Crippen LogP contribution in [0.25, 0.3) is 0 Å². The molecular formula is C16H27NO3. The minimum atomic E-state index is -0.811. The molecule has 2 saturated carbocycles. The second-order valence-electron chi connectivity index (χ2n) is 6.50. The van der Waals surface area contributed by atoms with E-state index in [-0.39, 0.29) is 17.9 Å². The second-order valence-corrected chi connectivity index (χ2v) is 6.50. The summed E-state index contributed by atoms with van der Waals surface area (Å²) < 4.78 is 0. The average molecular weight is 281 g/mol. The first-order valence-electron chi connectivity index (χ1n) is 8.15. The van der Waals surface area contributed by atoms with E-state index in [0.717, 1.165) is 31.6 Å². The van der Waals surface area contributed by atoms with Gasteiger partial charge in [-0.15, -0.1) is 0 Å². The van der Waals surface area contributed by atoms with E-state index < -0.39 is 11.9 Å². The number of amides is 1. The third-order valence-electron chi connectivity index (χ3n) is 5.06. The van der Waals surface area contributed by atoms with Gasteiger partial charge in [-0.3, -0.25) is 9.59 Å². The number of carbonyl (C=O) groups excluding carboxylic acids is 1. The monoisotopic (exact) mass is 281 g/mol. The SMILES string of the molecule is CCCC1CCC(NC(=O)[C@@H]2CCC[C@@H]2C(=O)O)CC1. The molecule has 2 N–H and O–H groups in total. The molecule has 0 aliphatic heterocycles. The Balaban J connectivity index is 1.79. The van der Waals surface area contributed by atoms with Gasteiger partial charge in [-0.25, -0.2) is 0 Å². The number of hydrogen-bond donors (Lipinski definition) is 2. The zero-order valence-electron chi connectivity index (χ0n) is 12.4. The van der Waals surface area contributed by atoms with Gasteiger partial charge in [0.1, 0.15) is 0 Å². The van der Waals surface area contributed by atoms with E-state index in [2.05, 4.69) is 12.2 Å². The third kappa shape index (κ3) is 3.74. The van der Waals surface area contributed by atoms with Crippen molar-refractivity contribution >= 4 is 11.9 Å². The highest BCUT2D eigenvalue weighted by molar-refractivity contribution is 5.85. The molecule has 0 aromatic rings. The van der Waals surface area contributed by atoms with Crippen molar-refractivity contribution in [1.29, 1.82) is 0 Å². The molecule has 4 heteroatoms. The number of hydrogen-bond acceptors (Lipinski definition) is 2. The van der Waals surface area contributed by atoms with Crippen molar-refractivity contribution in [3.05, 3.63) is 0 Å². The zero-order valence-corrected chi connectivity index (χ0v) is 12.4. The summed E-state index contributed by atoms with van der Waals surface area (Å²) in [6.45, 7) is 2.22. The lowest BCUT2D eigenvalue weighted by Crippen LogP contribution is -2.42. The van der Waals surface area contributed by atoms with E-state index >= 15 is 0 Å². The first-order chi connectivity index (χ1) is 9.61. The van der Waals surface area contributed by atoms with Gasteiger partial charge in [-0.1, -0.05) is 26.2 Å². The van der Waals surface area contributed by atoms with E-state index in [4.69, 9.17) is 5.11 Å². The summed E-state index contributed by atoms with van der Waals surface area (Å²) in [6, 6.07) is 0.269. The van der Waals surface area contributed by atoms with Crippen LogP contribution in [0.15, 0.2) is 0 Å². The molecule has 2 fully saturated rings. The maximum Gasteiger partial charge on any atom is 0.307 e. The van der Waals surface area contributed by atoms with E-state index in [1.807, 2.05) is 0 Å². The van der Waals surface area contributed by atoms with Gasteiger partial charge >= 0.3 is 5.97 Å². The molecular weight excluding hydrogens is 254 g/mol. The molecule has 0 spiro atoms. The van der Waals surface area contributed by atoms with Crippen molar-refractivity contribution in [1.82, 2.24) is 5.32 Å². The van der Waals surface area contributed by atoms with Gasteiger partial charge in [-0.2, -0.15) is 0 Å². The molecule has 0 aromatic carbocycles. The summed E-state index contributed by atoms with van der Waals surface area (Å²) in [5, 5.41) is 12.3. The van der Waals surface area contributed by atoms with Crippen LogP contribution in [0.3, 0.4) is 0 Å². The van der Waals surface area contributed by atoms with Gasteiger partial charge in [0.2, 0.25) is 5.91 Å². The molecule has 0 bridgehead atoms. The lowest BCUT2D eigenvalue weighted by atomic mass is 9.83.